The first-order valence-corrected chi connectivity index (χ1v) is 5.51. The number of halogens is 1. The second kappa shape index (κ2) is 4.23. The first-order valence-electron chi connectivity index (χ1n) is 5.51. The van der Waals surface area contributed by atoms with E-state index in [2.05, 4.69) is 4.98 Å². The topological polar surface area (TPSA) is 46.3 Å². The van der Waals surface area contributed by atoms with Crippen LogP contribution >= 0.6 is 0 Å². The van der Waals surface area contributed by atoms with E-state index >= 15 is 0 Å². The molecule has 0 amide bonds. The normalized spacial score (nSPS) is 12.8. The standard InChI is InChI=1S/C14H10FNO2/c15-11-3-1-2-10-8-12(18-14(10)11)13(17)9-4-6-16-7-5-9/h1-8,13,17H. The zero-order chi connectivity index (χ0) is 12.5. The molecule has 90 valence electrons. The van der Waals surface area contributed by atoms with Gasteiger partial charge in [-0.05, 0) is 29.8 Å². The van der Waals surface area contributed by atoms with E-state index in [1.54, 1.807) is 42.7 Å². The van der Waals surface area contributed by atoms with Gasteiger partial charge in [0.2, 0.25) is 0 Å². The van der Waals surface area contributed by atoms with Crippen LogP contribution in [-0.4, -0.2) is 10.1 Å². The van der Waals surface area contributed by atoms with Gasteiger partial charge in [0.25, 0.3) is 0 Å². The third-order valence-electron chi connectivity index (χ3n) is 2.81. The molecule has 1 atom stereocenters. The van der Waals surface area contributed by atoms with Gasteiger partial charge in [-0.15, -0.1) is 0 Å². The van der Waals surface area contributed by atoms with Crippen molar-refractivity contribution in [3.63, 3.8) is 0 Å². The van der Waals surface area contributed by atoms with Gasteiger partial charge in [-0.2, -0.15) is 0 Å². The molecule has 0 saturated heterocycles. The molecule has 0 spiro atoms. The molecule has 4 heteroatoms. The predicted octanol–water partition coefficient (Wildman–Crippen LogP) is 3.05. The van der Waals surface area contributed by atoms with Crippen molar-refractivity contribution in [2.45, 2.75) is 6.10 Å². The van der Waals surface area contributed by atoms with E-state index in [0.29, 0.717) is 16.7 Å². The zero-order valence-corrected chi connectivity index (χ0v) is 9.38. The third kappa shape index (κ3) is 1.76. The first-order chi connectivity index (χ1) is 8.75. The monoisotopic (exact) mass is 243 g/mol. The maximum Gasteiger partial charge on any atom is 0.170 e. The molecule has 0 bridgehead atoms. The van der Waals surface area contributed by atoms with E-state index in [1.807, 2.05) is 0 Å². The Hall–Kier alpha value is -2.20. The van der Waals surface area contributed by atoms with E-state index in [9.17, 15) is 9.50 Å². The molecular weight excluding hydrogens is 233 g/mol. The van der Waals surface area contributed by atoms with E-state index in [0.717, 1.165) is 0 Å². The quantitative estimate of drug-likeness (QED) is 0.752. The SMILES string of the molecule is OC(c1ccncc1)c1cc2cccc(F)c2o1. The third-order valence-corrected chi connectivity index (χ3v) is 2.81. The van der Waals surface area contributed by atoms with Crippen molar-refractivity contribution in [1.29, 1.82) is 0 Å². The van der Waals surface area contributed by atoms with Gasteiger partial charge in [0.05, 0.1) is 0 Å². The summed E-state index contributed by atoms with van der Waals surface area (Å²) < 4.78 is 18.8. The summed E-state index contributed by atoms with van der Waals surface area (Å²) in [5, 5.41) is 10.8. The maximum absolute atomic E-state index is 13.5. The fraction of sp³-hybridized carbons (Fsp3) is 0.0714. The Morgan fingerprint density at radius 2 is 1.94 bits per heavy atom. The summed E-state index contributed by atoms with van der Waals surface area (Å²) in [5.41, 5.74) is 0.824. The van der Waals surface area contributed by atoms with Gasteiger partial charge in [-0.25, -0.2) is 4.39 Å². The van der Waals surface area contributed by atoms with Crippen molar-refractivity contribution in [3.8, 4) is 0 Å². The molecule has 0 aliphatic heterocycles. The van der Waals surface area contributed by atoms with E-state index in [4.69, 9.17) is 4.42 Å². The Kier molecular flexibility index (Phi) is 2.57. The van der Waals surface area contributed by atoms with Crippen molar-refractivity contribution in [1.82, 2.24) is 4.98 Å². The highest BCUT2D eigenvalue weighted by atomic mass is 19.1. The molecule has 0 aliphatic rings. The number of furan rings is 1. The number of aromatic nitrogens is 1. The minimum atomic E-state index is -0.917. The highest BCUT2D eigenvalue weighted by molar-refractivity contribution is 5.78. The van der Waals surface area contributed by atoms with Crippen molar-refractivity contribution in [2.75, 3.05) is 0 Å². The minimum absolute atomic E-state index is 0.167. The molecule has 3 rings (SSSR count). The van der Waals surface area contributed by atoms with Crippen LogP contribution in [0.5, 0.6) is 0 Å². The smallest absolute Gasteiger partial charge is 0.170 e. The summed E-state index contributed by atoms with van der Waals surface area (Å²) in [7, 11) is 0. The van der Waals surface area contributed by atoms with Crippen molar-refractivity contribution in [3.05, 3.63) is 65.9 Å². The van der Waals surface area contributed by atoms with Crippen molar-refractivity contribution < 1.29 is 13.9 Å². The number of pyridine rings is 1. The van der Waals surface area contributed by atoms with Crippen LogP contribution in [0.1, 0.15) is 17.4 Å². The van der Waals surface area contributed by atoms with E-state index < -0.39 is 11.9 Å². The fourth-order valence-corrected chi connectivity index (χ4v) is 1.89. The Balaban J connectivity index is 2.07. The van der Waals surface area contributed by atoms with Gasteiger partial charge >= 0.3 is 0 Å². The molecule has 18 heavy (non-hydrogen) atoms. The molecule has 1 unspecified atom stereocenters. The van der Waals surface area contributed by atoms with Crippen LogP contribution in [0.25, 0.3) is 11.0 Å². The molecule has 0 fully saturated rings. The van der Waals surface area contributed by atoms with Crippen LogP contribution in [-0.2, 0) is 0 Å². The maximum atomic E-state index is 13.5. The molecular formula is C14H10FNO2. The summed E-state index contributed by atoms with van der Waals surface area (Å²) in [6.45, 7) is 0. The van der Waals surface area contributed by atoms with E-state index in [-0.39, 0.29) is 5.58 Å². The largest absolute Gasteiger partial charge is 0.455 e. The van der Waals surface area contributed by atoms with Crippen LogP contribution in [0.4, 0.5) is 4.39 Å². The van der Waals surface area contributed by atoms with Crippen molar-refractivity contribution >= 4 is 11.0 Å². The number of aliphatic hydroxyl groups is 1. The van der Waals surface area contributed by atoms with Gasteiger partial charge in [0.1, 0.15) is 11.9 Å². The van der Waals surface area contributed by atoms with Gasteiger partial charge in [0.15, 0.2) is 11.4 Å². The Labute approximate surface area is 103 Å². The minimum Gasteiger partial charge on any atom is -0.455 e. The molecule has 0 aliphatic carbocycles. The fourth-order valence-electron chi connectivity index (χ4n) is 1.89. The van der Waals surface area contributed by atoms with Crippen LogP contribution in [0.15, 0.2) is 53.2 Å². The van der Waals surface area contributed by atoms with Crippen LogP contribution in [0.3, 0.4) is 0 Å². The average Bonchev–Trinajstić information content (AvgIpc) is 2.84. The second-order valence-electron chi connectivity index (χ2n) is 3.99. The highest BCUT2D eigenvalue weighted by Gasteiger charge is 2.16. The molecule has 0 saturated carbocycles. The van der Waals surface area contributed by atoms with Gasteiger partial charge in [-0.1, -0.05) is 12.1 Å². The number of benzene rings is 1. The Morgan fingerprint density at radius 1 is 1.17 bits per heavy atom. The number of hydrogen-bond donors (Lipinski definition) is 1. The van der Waals surface area contributed by atoms with Gasteiger partial charge in [-0.3, -0.25) is 4.98 Å². The van der Waals surface area contributed by atoms with Crippen LogP contribution < -0.4 is 0 Å². The number of hydrogen-bond acceptors (Lipinski definition) is 3. The Bertz CT molecular complexity index is 679. The second-order valence-corrected chi connectivity index (χ2v) is 3.99. The van der Waals surface area contributed by atoms with Gasteiger partial charge in [0, 0.05) is 17.8 Å². The number of fused-ring (bicyclic) bond motifs is 1. The Morgan fingerprint density at radius 3 is 2.67 bits per heavy atom. The summed E-state index contributed by atoms with van der Waals surface area (Å²) in [5.74, 6) is -0.109. The first kappa shape index (κ1) is 10.9. The summed E-state index contributed by atoms with van der Waals surface area (Å²) >= 11 is 0. The van der Waals surface area contributed by atoms with E-state index in [1.165, 1.54) is 6.07 Å². The number of rotatable bonds is 2. The molecule has 0 radical (unpaired) electrons. The number of para-hydroxylation sites is 1. The summed E-state index contributed by atoms with van der Waals surface area (Å²) in [6, 6.07) is 9.70. The van der Waals surface area contributed by atoms with Crippen LogP contribution in [0.2, 0.25) is 0 Å². The molecule has 1 aromatic carbocycles. The van der Waals surface area contributed by atoms with Gasteiger partial charge < -0.3 is 9.52 Å². The molecule has 2 heterocycles. The summed E-state index contributed by atoms with van der Waals surface area (Å²) in [6.07, 6.45) is 2.25. The summed E-state index contributed by atoms with van der Waals surface area (Å²) in [4.78, 5) is 3.88. The highest BCUT2D eigenvalue weighted by Crippen LogP contribution is 2.29. The van der Waals surface area contributed by atoms with Crippen LogP contribution in [0, 0.1) is 5.82 Å². The molecule has 3 aromatic rings. The average molecular weight is 243 g/mol. The predicted molar refractivity (Wildman–Crippen MR) is 64.5 cm³/mol. The molecule has 3 nitrogen and oxygen atoms in total. The number of aliphatic hydroxyl groups excluding tert-OH is 1. The molecule has 1 N–H and O–H groups in total. The lowest BCUT2D eigenvalue weighted by molar-refractivity contribution is 0.192. The van der Waals surface area contributed by atoms with Crippen molar-refractivity contribution in [2.24, 2.45) is 0 Å². The lowest BCUT2D eigenvalue weighted by atomic mass is 10.1. The lowest BCUT2D eigenvalue weighted by Crippen LogP contribution is -1.97. The number of nitrogens with zero attached hydrogens (tertiary/aromatic N) is 1. The lowest BCUT2D eigenvalue weighted by Gasteiger charge is -2.06. The molecule has 2 aromatic heterocycles. The zero-order valence-electron chi connectivity index (χ0n) is 9.38.